The van der Waals surface area contributed by atoms with E-state index in [9.17, 15) is 0 Å². The Hall–Kier alpha value is -1.38. The molecule has 2 aromatic rings. The molecule has 0 aliphatic carbocycles. The highest BCUT2D eigenvalue weighted by molar-refractivity contribution is 6.30. The maximum Gasteiger partial charge on any atom is 0.135 e. The minimum absolute atomic E-state index is 0.0824. The van der Waals surface area contributed by atoms with Crippen molar-refractivity contribution in [1.29, 1.82) is 0 Å². The number of nitrogens with zero attached hydrogens (tertiary/aromatic N) is 1. The maximum atomic E-state index is 8.96. The molecule has 0 saturated carbocycles. The predicted molar refractivity (Wildman–Crippen MR) is 60.6 cm³/mol. The van der Waals surface area contributed by atoms with Gasteiger partial charge in [-0.15, -0.1) is 0 Å². The maximum absolute atomic E-state index is 8.96. The molecule has 1 heterocycles. The van der Waals surface area contributed by atoms with Crippen molar-refractivity contribution in [1.82, 2.24) is 4.98 Å². The van der Waals surface area contributed by atoms with E-state index in [1.54, 1.807) is 6.07 Å². The van der Waals surface area contributed by atoms with E-state index in [2.05, 4.69) is 4.98 Å². The molecular formula is C12H10ClNO. The average molecular weight is 220 g/mol. The Balaban J connectivity index is 2.43. The quantitative estimate of drug-likeness (QED) is 0.788. The summed E-state index contributed by atoms with van der Waals surface area (Å²) >= 11 is 5.91. The number of hydrogen-bond donors (Lipinski definition) is 1. The van der Waals surface area contributed by atoms with Gasteiger partial charge in [-0.2, -0.15) is 0 Å². The molecule has 0 radical (unpaired) electrons. The van der Waals surface area contributed by atoms with E-state index < -0.39 is 0 Å². The normalized spacial score (nSPS) is 10.3. The van der Waals surface area contributed by atoms with Gasteiger partial charge < -0.3 is 5.11 Å². The monoisotopic (exact) mass is 219 g/mol. The van der Waals surface area contributed by atoms with Crippen molar-refractivity contribution in [2.75, 3.05) is 0 Å². The van der Waals surface area contributed by atoms with Crippen molar-refractivity contribution in [2.24, 2.45) is 0 Å². The van der Waals surface area contributed by atoms with Gasteiger partial charge in [0.15, 0.2) is 0 Å². The lowest BCUT2D eigenvalue weighted by molar-refractivity contribution is 0.281. The molecule has 1 N–H and O–H groups in total. The zero-order chi connectivity index (χ0) is 10.7. The number of pyridine rings is 1. The number of rotatable bonds is 2. The smallest absolute Gasteiger partial charge is 0.135 e. The first-order chi connectivity index (χ1) is 7.31. The SMILES string of the molecule is OCc1ccc(-c2ccccc2)nc1Cl. The molecule has 0 bridgehead atoms. The van der Waals surface area contributed by atoms with E-state index in [-0.39, 0.29) is 6.61 Å². The summed E-state index contributed by atoms with van der Waals surface area (Å²) in [6.07, 6.45) is 0. The van der Waals surface area contributed by atoms with E-state index in [4.69, 9.17) is 16.7 Å². The van der Waals surface area contributed by atoms with Crippen LogP contribution < -0.4 is 0 Å². The van der Waals surface area contributed by atoms with Gasteiger partial charge in [-0.05, 0) is 6.07 Å². The molecule has 3 heteroatoms. The first kappa shape index (κ1) is 10.1. The second-order valence-electron chi connectivity index (χ2n) is 3.17. The molecule has 0 aliphatic heterocycles. The molecule has 0 saturated heterocycles. The minimum atomic E-state index is -0.0824. The number of aliphatic hydroxyl groups excluding tert-OH is 1. The minimum Gasteiger partial charge on any atom is -0.392 e. The molecule has 0 atom stereocenters. The fourth-order valence-corrected chi connectivity index (χ4v) is 1.56. The number of aliphatic hydroxyl groups is 1. The van der Waals surface area contributed by atoms with E-state index in [0.29, 0.717) is 10.7 Å². The summed E-state index contributed by atoms with van der Waals surface area (Å²) in [5.41, 5.74) is 2.48. The number of halogens is 1. The molecule has 0 fully saturated rings. The van der Waals surface area contributed by atoms with E-state index in [1.165, 1.54) is 0 Å². The molecule has 76 valence electrons. The van der Waals surface area contributed by atoms with E-state index in [0.717, 1.165) is 11.3 Å². The van der Waals surface area contributed by atoms with Crippen LogP contribution in [0.25, 0.3) is 11.3 Å². The van der Waals surface area contributed by atoms with Crippen molar-refractivity contribution in [2.45, 2.75) is 6.61 Å². The van der Waals surface area contributed by atoms with Gasteiger partial charge in [-0.3, -0.25) is 0 Å². The van der Waals surface area contributed by atoms with Crippen LogP contribution in [0.4, 0.5) is 0 Å². The van der Waals surface area contributed by atoms with Gasteiger partial charge >= 0.3 is 0 Å². The van der Waals surface area contributed by atoms with Crippen LogP contribution in [-0.2, 0) is 6.61 Å². The summed E-state index contributed by atoms with van der Waals surface area (Å²) in [6.45, 7) is -0.0824. The summed E-state index contributed by atoms with van der Waals surface area (Å²) in [4.78, 5) is 4.22. The van der Waals surface area contributed by atoms with Crippen molar-refractivity contribution in [3.05, 3.63) is 53.2 Å². The van der Waals surface area contributed by atoms with Crippen molar-refractivity contribution < 1.29 is 5.11 Å². The van der Waals surface area contributed by atoms with Crippen LogP contribution in [-0.4, -0.2) is 10.1 Å². The largest absolute Gasteiger partial charge is 0.392 e. The van der Waals surface area contributed by atoms with Crippen LogP contribution in [0.2, 0.25) is 5.15 Å². The fraction of sp³-hybridized carbons (Fsp3) is 0.0833. The first-order valence-corrected chi connectivity index (χ1v) is 5.01. The molecule has 0 aliphatic rings. The second-order valence-corrected chi connectivity index (χ2v) is 3.53. The van der Waals surface area contributed by atoms with Gasteiger partial charge in [0.1, 0.15) is 5.15 Å². The van der Waals surface area contributed by atoms with Crippen molar-refractivity contribution >= 4 is 11.6 Å². The van der Waals surface area contributed by atoms with Crippen LogP contribution in [0.5, 0.6) is 0 Å². The van der Waals surface area contributed by atoms with Crippen molar-refractivity contribution in [3.63, 3.8) is 0 Å². The van der Waals surface area contributed by atoms with Crippen LogP contribution in [0.15, 0.2) is 42.5 Å². The molecule has 2 rings (SSSR count). The van der Waals surface area contributed by atoms with Crippen LogP contribution in [0.1, 0.15) is 5.56 Å². The third kappa shape index (κ3) is 2.17. The fourth-order valence-electron chi connectivity index (χ4n) is 1.35. The summed E-state index contributed by atoms with van der Waals surface area (Å²) in [5.74, 6) is 0. The lowest BCUT2D eigenvalue weighted by atomic mass is 10.1. The Morgan fingerprint density at radius 2 is 1.80 bits per heavy atom. The molecule has 15 heavy (non-hydrogen) atoms. The van der Waals surface area contributed by atoms with Crippen molar-refractivity contribution in [3.8, 4) is 11.3 Å². The van der Waals surface area contributed by atoms with Crippen LogP contribution in [0, 0.1) is 0 Å². The zero-order valence-corrected chi connectivity index (χ0v) is 8.78. The average Bonchev–Trinajstić information content (AvgIpc) is 2.30. The lowest BCUT2D eigenvalue weighted by Gasteiger charge is -2.03. The Labute approximate surface area is 93.2 Å². The van der Waals surface area contributed by atoms with Gasteiger partial charge in [0.05, 0.1) is 12.3 Å². The topological polar surface area (TPSA) is 33.1 Å². The van der Waals surface area contributed by atoms with Gasteiger partial charge in [0.2, 0.25) is 0 Å². The molecule has 0 unspecified atom stereocenters. The highest BCUT2D eigenvalue weighted by Crippen LogP contribution is 2.21. The summed E-state index contributed by atoms with van der Waals surface area (Å²) in [7, 11) is 0. The van der Waals surface area contributed by atoms with Gasteiger partial charge in [-0.1, -0.05) is 48.0 Å². The number of aromatic nitrogens is 1. The van der Waals surface area contributed by atoms with Gasteiger partial charge in [0.25, 0.3) is 0 Å². The Bertz CT molecular complexity index is 456. The summed E-state index contributed by atoms with van der Waals surface area (Å²) in [6, 6.07) is 13.4. The standard InChI is InChI=1S/C12H10ClNO/c13-12-10(8-15)6-7-11(14-12)9-4-2-1-3-5-9/h1-7,15H,8H2. The summed E-state index contributed by atoms with van der Waals surface area (Å²) in [5, 5.41) is 9.32. The first-order valence-electron chi connectivity index (χ1n) is 4.63. The highest BCUT2D eigenvalue weighted by Gasteiger charge is 2.03. The van der Waals surface area contributed by atoms with Crippen LogP contribution in [0.3, 0.4) is 0 Å². The Morgan fingerprint density at radius 3 is 2.40 bits per heavy atom. The molecular weight excluding hydrogens is 210 g/mol. The Morgan fingerprint density at radius 1 is 1.07 bits per heavy atom. The summed E-state index contributed by atoms with van der Waals surface area (Å²) < 4.78 is 0. The molecule has 1 aromatic heterocycles. The van der Waals surface area contributed by atoms with Gasteiger partial charge in [0, 0.05) is 11.1 Å². The second kappa shape index (κ2) is 4.43. The lowest BCUT2D eigenvalue weighted by Crippen LogP contribution is -1.90. The van der Waals surface area contributed by atoms with E-state index in [1.807, 2.05) is 36.4 Å². The molecule has 2 nitrogen and oxygen atoms in total. The zero-order valence-electron chi connectivity index (χ0n) is 8.02. The van der Waals surface area contributed by atoms with E-state index >= 15 is 0 Å². The molecule has 0 spiro atoms. The van der Waals surface area contributed by atoms with Gasteiger partial charge in [-0.25, -0.2) is 4.98 Å². The third-order valence-corrected chi connectivity index (χ3v) is 2.49. The predicted octanol–water partition coefficient (Wildman–Crippen LogP) is 2.89. The highest BCUT2D eigenvalue weighted by atomic mass is 35.5. The third-order valence-electron chi connectivity index (χ3n) is 2.17. The van der Waals surface area contributed by atoms with Crippen LogP contribution >= 0.6 is 11.6 Å². The number of benzene rings is 1. The number of hydrogen-bond acceptors (Lipinski definition) is 2. The Kier molecular flexibility index (Phi) is 2.99. The molecule has 0 amide bonds. The molecule has 1 aromatic carbocycles.